The summed E-state index contributed by atoms with van der Waals surface area (Å²) in [5, 5.41) is 4.30. The molecule has 0 heterocycles. The normalized spacial score (nSPS) is 12.8. The van der Waals surface area contributed by atoms with Gasteiger partial charge in [-0.1, -0.05) is 36.7 Å². The van der Waals surface area contributed by atoms with Gasteiger partial charge in [-0.2, -0.15) is 0 Å². The van der Waals surface area contributed by atoms with Crippen molar-refractivity contribution in [3.63, 3.8) is 0 Å². The molecule has 1 aromatic carbocycles. The quantitative estimate of drug-likeness (QED) is 0.669. The van der Waals surface area contributed by atoms with Crippen molar-refractivity contribution in [2.24, 2.45) is 0 Å². The largest absolute Gasteiger partial charge is 0.351 e. The van der Waals surface area contributed by atoms with E-state index < -0.39 is 0 Å². The van der Waals surface area contributed by atoms with Crippen LogP contribution in [0, 0.1) is 0 Å². The molecule has 3 nitrogen and oxygen atoms in total. The van der Waals surface area contributed by atoms with E-state index in [2.05, 4.69) is 18.3 Å². The molecule has 0 aliphatic heterocycles. The first-order chi connectivity index (χ1) is 9.72. The fourth-order valence-electron chi connectivity index (χ4n) is 2.10. The van der Waals surface area contributed by atoms with E-state index >= 15 is 0 Å². The Morgan fingerprint density at radius 1 is 1.10 bits per heavy atom. The molecule has 1 N–H and O–H groups in total. The van der Waals surface area contributed by atoms with Gasteiger partial charge in [-0.3, -0.25) is 0 Å². The van der Waals surface area contributed by atoms with Gasteiger partial charge >= 0.3 is 0 Å². The summed E-state index contributed by atoms with van der Waals surface area (Å²) >= 11 is 6.25. The van der Waals surface area contributed by atoms with Crippen LogP contribution in [0.25, 0.3) is 0 Å². The van der Waals surface area contributed by atoms with Gasteiger partial charge in [-0.05, 0) is 44.9 Å². The molecule has 1 atom stereocenters. The molecular weight excluding hydrogens is 274 g/mol. The first-order valence-electron chi connectivity index (χ1n) is 7.42. The molecule has 20 heavy (non-hydrogen) atoms. The van der Waals surface area contributed by atoms with E-state index in [9.17, 15) is 0 Å². The minimum atomic E-state index is -0.243. The molecule has 0 fully saturated rings. The average molecular weight is 300 g/mol. The van der Waals surface area contributed by atoms with E-state index in [1.54, 1.807) is 0 Å². The second-order valence-corrected chi connectivity index (χ2v) is 5.04. The van der Waals surface area contributed by atoms with Crippen molar-refractivity contribution in [3.05, 3.63) is 34.9 Å². The Morgan fingerprint density at radius 2 is 1.75 bits per heavy atom. The molecule has 0 aliphatic rings. The molecule has 0 aromatic heterocycles. The standard InChI is InChI=1S/C16H26ClNO2/c1-4-11-18-15(16(19-5-2)20-6-3)12-13-9-7-8-10-14(13)17/h7-10,15-16,18H,4-6,11-12H2,1-3H3. The zero-order chi connectivity index (χ0) is 14.8. The third kappa shape index (κ3) is 5.80. The molecule has 1 aromatic rings. The summed E-state index contributed by atoms with van der Waals surface area (Å²) in [7, 11) is 0. The maximum absolute atomic E-state index is 6.25. The molecular formula is C16H26ClNO2. The van der Waals surface area contributed by atoms with Crippen LogP contribution in [0.5, 0.6) is 0 Å². The zero-order valence-electron chi connectivity index (χ0n) is 12.7. The molecule has 114 valence electrons. The highest BCUT2D eigenvalue weighted by Crippen LogP contribution is 2.19. The van der Waals surface area contributed by atoms with Crippen LogP contribution in [0.15, 0.2) is 24.3 Å². The Kier molecular flexibility index (Phi) is 8.86. The minimum Gasteiger partial charge on any atom is -0.351 e. The number of nitrogens with one attached hydrogen (secondary N) is 1. The van der Waals surface area contributed by atoms with Crippen LogP contribution < -0.4 is 5.32 Å². The number of hydrogen-bond acceptors (Lipinski definition) is 3. The summed E-state index contributed by atoms with van der Waals surface area (Å²) in [5.41, 5.74) is 1.12. The Morgan fingerprint density at radius 3 is 2.30 bits per heavy atom. The monoisotopic (exact) mass is 299 g/mol. The van der Waals surface area contributed by atoms with Gasteiger partial charge in [0.25, 0.3) is 0 Å². The predicted octanol–water partition coefficient (Wildman–Crippen LogP) is 3.65. The van der Waals surface area contributed by atoms with Crippen LogP contribution >= 0.6 is 11.6 Å². The van der Waals surface area contributed by atoms with Gasteiger partial charge in [0.05, 0.1) is 6.04 Å². The highest BCUT2D eigenvalue weighted by molar-refractivity contribution is 6.31. The van der Waals surface area contributed by atoms with E-state index in [4.69, 9.17) is 21.1 Å². The topological polar surface area (TPSA) is 30.5 Å². The summed E-state index contributed by atoms with van der Waals surface area (Å²) in [4.78, 5) is 0. The first-order valence-corrected chi connectivity index (χ1v) is 7.80. The highest BCUT2D eigenvalue weighted by atomic mass is 35.5. The Hall–Kier alpha value is -0.610. The van der Waals surface area contributed by atoms with Gasteiger partial charge in [0.1, 0.15) is 0 Å². The summed E-state index contributed by atoms with van der Waals surface area (Å²) < 4.78 is 11.5. The van der Waals surface area contributed by atoms with Gasteiger partial charge in [0.2, 0.25) is 0 Å². The molecule has 1 unspecified atom stereocenters. The van der Waals surface area contributed by atoms with E-state index in [0.29, 0.717) is 13.2 Å². The molecule has 0 saturated carbocycles. The lowest BCUT2D eigenvalue weighted by atomic mass is 10.1. The lowest BCUT2D eigenvalue weighted by Crippen LogP contribution is -2.45. The number of halogens is 1. The fourth-order valence-corrected chi connectivity index (χ4v) is 2.32. The SMILES string of the molecule is CCCNC(Cc1ccccc1Cl)C(OCC)OCC. The van der Waals surface area contributed by atoms with Crippen molar-refractivity contribution < 1.29 is 9.47 Å². The summed E-state index contributed by atoms with van der Waals surface area (Å²) in [5.74, 6) is 0. The van der Waals surface area contributed by atoms with Crippen LogP contribution in [0.3, 0.4) is 0 Å². The number of ether oxygens (including phenoxy) is 2. The smallest absolute Gasteiger partial charge is 0.172 e. The Balaban J connectivity index is 2.78. The van der Waals surface area contributed by atoms with Gasteiger partial charge in [0, 0.05) is 18.2 Å². The lowest BCUT2D eigenvalue weighted by Gasteiger charge is -2.28. The number of rotatable bonds is 10. The van der Waals surface area contributed by atoms with Gasteiger partial charge in [0.15, 0.2) is 6.29 Å². The second-order valence-electron chi connectivity index (χ2n) is 4.64. The molecule has 1 rings (SSSR count). The fraction of sp³-hybridized carbons (Fsp3) is 0.625. The molecule has 0 radical (unpaired) electrons. The van der Waals surface area contributed by atoms with Crippen LogP contribution in [-0.4, -0.2) is 32.1 Å². The molecule has 0 spiro atoms. The van der Waals surface area contributed by atoms with Crippen molar-refractivity contribution in [1.82, 2.24) is 5.32 Å². The molecule has 0 bridgehead atoms. The number of hydrogen-bond donors (Lipinski definition) is 1. The predicted molar refractivity (Wildman–Crippen MR) is 84.3 cm³/mol. The minimum absolute atomic E-state index is 0.106. The van der Waals surface area contributed by atoms with Crippen molar-refractivity contribution in [1.29, 1.82) is 0 Å². The summed E-state index contributed by atoms with van der Waals surface area (Å²) in [6.45, 7) is 8.33. The van der Waals surface area contributed by atoms with Crippen molar-refractivity contribution in [2.45, 2.75) is 45.9 Å². The van der Waals surface area contributed by atoms with Crippen LogP contribution in [0.1, 0.15) is 32.8 Å². The third-order valence-electron chi connectivity index (χ3n) is 3.04. The van der Waals surface area contributed by atoms with Crippen LogP contribution in [-0.2, 0) is 15.9 Å². The van der Waals surface area contributed by atoms with Crippen molar-refractivity contribution >= 4 is 11.6 Å². The zero-order valence-corrected chi connectivity index (χ0v) is 13.5. The van der Waals surface area contributed by atoms with E-state index in [-0.39, 0.29) is 12.3 Å². The first kappa shape index (κ1) is 17.4. The lowest BCUT2D eigenvalue weighted by molar-refractivity contribution is -0.153. The molecule has 0 aliphatic carbocycles. The molecule has 0 saturated heterocycles. The second kappa shape index (κ2) is 10.2. The number of benzene rings is 1. The molecule has 4 heteroatoms. The summed E-state index contributed by atoms with van der Waals surface area (Å²) in [6.07, 6.45) is 1.63. The van der Waals surface area contributed by atoms with Crippen molar-refractivity contribution in [2.75, 3.05) is 19.8 Å². The maximum atomic E-state index is 6.25. The van der Waals surface area contributed by atoms with Gasteiger partial charge in [-0.25, -0.2) is 0 Å². The van der Waals surface area contributed by atoms with E-state index in [0.717, 1.165) is 30.0 Å². The van der Waals surface area contributed by atoms with Gasteiger partial charge in [-0.15, -0.1) is 0 Å². The van der Waals surface area contributed by atoms with E-state index in [1.165, 1.54) is 0 Å². The van der Waals surface area contributed by atoms with Crippen LogP contribution in [0.4, 0.5) is 0 Å². The Bertz CT molecular complexity index is 367. The third-order valence-corrected chi connectivity index (χ3v) is 3.41. The Labute approximate surface area is 127 Å². The van der Waals surface area contributed by atoms with Crippen molar-refractivity contribution in [3.8, 4) is 0 Å². The molecule has 0 amide bonds. The average Bonchev–Trinajstić information content (AvgIpc) is 2.45. The maximum Gasteiger partial charge on any atom is 0.172 e. The van der Waals surface area contributed by atoms with Gasteiger partial charge < -0.3 is 14.8 Å². The van der Waals surface area contributed by atoms with Crippen LogP contribution in [0.2, 0.25) is 5.02 Å². The highest BCUT2D eigenvalue weighted by Gasteiger charge is 2.22. The van der Waals surface area contributed by atoms with E-state index in [1.807, 2.05) is 32.0 Å². The summed E-state index contributed by atoms with van der Waals surface area (Å²) in [6, 6.07) is 8.04.